The van der Waals surface area contributed by atoms with Crippen molar-refractivity contribution in [3.63, 3.8) is 0 Å². The van der Waals surface area contributed by atoms with E-state index in [1.807, 2.05) is 13.8 Å². The molecule has 8 heteroatoms. The average molecular weight is 390 g/mol. The lowest BCUT2D eigenvalue weighted by Crippen LogP contribution is -2.38. The molecule has 1 aromatic heterocycles. The summed E-state index contributed by atoms with van der Waals surface area (Å²) in [4.78, 5) is 23.7. The first-order valence-electron chi connectivity index (χ1n) is 7.35. The number of carbonyl (C=O) groups is 2. The van der Waals surface area contributed by atoms with Crippen LogP contribution in [0.1, 0.15) is 51.1 Å². The SMILES string of the molecule is COC(=O)c1cc(Br)nn1C(CNC(=O)OC(C)(C)C)C(C)C. The highest BCUT2D eigenvalue weighted by atomic mass is 79.9. The Balaban J connectivity index is 2.92. The van der Waals surface area contributed by atoms with Crippen molar-refractivity contribution in [2.24, 2.45) is 5.92 Å². The smallest absolute Gasteiger partial charge is 0.407 e. The molecule has 0 saturated heterocycles. The maximum absolute atomic E-state index is 11.9. The number of nitrogens with zero attached hydrogens (tertiary/aromatic N) is 2. The number of hydrogen-bond acceptors (Lipinski definition) is 5. The molecular formula is C15H24BrN3O4. The van der Waals surface area contributed by atoms with Gasteiger partial charge in [0, 0.05) is 12.6 Å². The summed E-state index contributed by atoms with van der Waals surface area (Å²) >= 11 is 3.27. The van der Waals surface area contributed by atoms with Crippen molar-refractivity contribution in [3.8, 4) is 0 Å². The van der Waals surface area contributed by atoms with Crippen molar-refractivity contribution in [2.45, 2.75) is 46.3 Å². The number of esters is 1. The molecule has 0 aliphatic heterocycles. The molecule has 1 aromatic rings. The molecule has 0 radical (unpaired) electrons. The molecule has 0 fully saturated rings. The fourth-order valence-corrected chi connectivity index (χ4v) is 2.37. The minimum Gasteiger partial charge on any atom is -0.464 e. The van der Waals surface area contributed by atoms with Crippen LogP contribution in [-0.4, -0.2) is 41.1 Å². The van der Waals surface area contributed by atoms with Gasteiger partial charge < -0.3 is 14.8 Å². The van der Waals surface area contributed by atoms with Gasteiger partial charge in [0.25, 0.3) is 0 Å². The van der Waals surface area contributed by atoms with E-state index in [1.54, 1.807) is 31.5 Å². The van der Waals surface area contributed by atoms with Gasteiger partial charge in [0.1, 0.15) is 15.9 Å². The maximum Gasteiger partial charge on any atom is 0.407 e. The molecule has 0 aliphatic rings. The van der Waals surface area contributed by atoms with E-state index in [4.69, 9.17) is 9.47 Å². The molecular weight excluding hydrogens is 366 g/mol. The summed E-state index contributed by atoms with van der Waals surface area (Å²) in [5.74, 6) is -0.355. The number of alkyl carbamates (subject to hydrolysis) is 1. The molecule has 0 bridgehead atoms. The lowest BCUT2D eigenvalue weighted by Gasteiger charge is -2.25. The van der Waals surface area contributed by atoms with E-state index >= 15 is 0 Å². The molecule has 1 unspecified atom stereocenters. The van der Waals surface area contributed by atoms with Gasteiger partial charge in [-0.15, -0.1) is 0 Å². The van der Waals surface area contributed by atoms with Gasteiger partial charge in [-0.1, -0.05) is 13.8 Å². The zero-order valence-corrected chi connectivity index (χ0v) is 15.9. The normalized spacial score (nSPS) is 12.9. The number of rotatable bonds is 5. The number of aromatic nitrogens is 2. The van der Waals surface area contributed by atoms with Crippen molar-refractivity contribution in [3.05, 3.63) is 16.4 Å². The number of ether oxygens (including phenoxy) is 2. The van der Waals surface area contributed by atoms with E-state index < -0.39 is 17.7 Å². The van der Waals surface area contributed by atoms with E-state index in [2.05, 4.69) is 26.3 Å². The van der Waals surface area contributed by atoms with Gasteiger partial charge in [0.15, 0.2) is 0 Å². The van der Waals surface area contributed by atoms with E-state index in [1.165, 1.54) is 7.11 Å². The highest BCUT2D eigenvalue weighted by Crippen LogP contribution is 2.22. The third-order valence-electron chi connectivity index (χ3n) is 3.04. The maximum atomic E-state index is 11.9. The Bertz CT molecular complexity index is 564. The number of nitrogens with one attached hydrogen (secondary N) is 1. The third-order valence-corrected chi connectivity index (χ3v) is 3.43. The van der Waals surface area contributed by atoms with Crippen LogP contribution in [0.2, 0.25) is 0 Å². The highest BCUT2D eigenvalue weighted by molar-refractivity contribution is 9.10. The molecule has 1 heterocycles. The van der Waals surface area contributed by atoms with Gasteiger partial charge in [-0.25, -0.2) is 9.59 Å². The highest BCUT2D eigenvalue weighted by Gasteiger charge is 2.25. The second-order valence-electron chi connectivity index (χ2n) is 6.48. The summed E-state index contributed by atoms with van der Waals surface area (Å²) in [6, 6.07) is 1.37. The van der Waals surface area contributed by atoms with Crippen molar-refractivity contribution >= 4 is 28.0 Å². The van der Waals surface area contributed by atoms with E-state index in [-0.39, 0.29) is 18.5 Å². The first-order chi connectivity index (χ1) is 10.5. The molecule has 23 heavy (non-hydrogen) atoms. The second-order valence-corrected chi connectivity index (χ2v) is 7.30. The molecule has 0 saturated carbocycles. The van der Waals surface area contributed by atoms with Crippen molar-refractivity contribution in [1.29, 1.82) is 0 Å². The Morgan fingerprint density at radius 3 is 2.48 bits per heavy atom. The van der Waals surface area contributed by atoms with Crippen LogP contribution in [-0.2, 0) is 9.47 Å². The van der Waals surface area contributed by atoms with Gasteiger partial charge in [-0.2, -0.15) is 5.10 Å². The molecule has 0 aliphatic carbocycles. The van der Waals surface area contributed by atoms with E-state index in [9.17, 15) is 9.59 Å². The van der Waals surface area contributed by atoms with Crippen molar-refractivity contribution in [2.75, 3.05) is 13.7 Å². The lowest BCUT2D eigenvalue weighted by atomic mass is 10.0. The minimum atomic E-state index is -0.566. The molecule has 1 N–H and O–H groups in total. The topological polar surface area (TPSA) is 82.5 Å². The van der Waals surface area contributed by atoms with E-state index in [0.29, 0.717) is 10.3 Å². The number of amides is 1. The Morgan fingerprint density at radius 1 is 1.39 bits per heavy atom. The molecule has 1 amide bonds. The quantitative estimate of drug-likeness (QED) is 0.781. The molecule has 130 valence electrons. The zero-order valence-electron chi connectivity index (χ0n) is 14.3. The lowest BCUT2D eigenvalue weighted by molar-refractivity contribution is 0.0514. The summed E-state index contributed by atoms with van der Waals surface area (Å²) < 4.78 is 12.1. The van der Waals surface area contributed by atoms with Crippen LogP contribution >= 0.6 is 15.9 Å². The summed E-state index contributed by atoms with van der Waals surface area (Å²) in [5.41, 5.74) is -0.243. The standard InChI is InChI=1S/C15H24BrN3O4/c1-9(2)11(8-17-14(21)23-15(3,4)5)19-10(13(20)22-6)7-12(16)18-19/h7,9,11H,8H2,1-6H3,(H,17,21). The van der Waals surface area contributed by atoms with Crippen LogP contribution in [0.5, 0.6) is 0 Å². The Kier molecular flexibility index (Phi) is 6.61. The number of halogens is 1. The Hall–Kier alpha value is -1.57. The van der Waals surface area contributed by atoms with Gasteiger partial charge >= 0.3 is 12.1 Å². The van der Waals surface area contributed by atoms with Gasteiger partial charge in [-0.05, 0) is 42.6 Å². The van der Waals surface area contributed by atoms with Crippen LogP contribution < -0.4 is 5.32 Å². The predicted octanol–water partition coefficient (Wildman–Crippen LogP) is 3.15. The van der Waals surface area contributed by atoms with E-state index in [0.717, 1.165) is 0 Å². The first-order valence-corrected chi connectivity index (χ1v) is 8.14. The van der Waals surface area contributed by atoms with Crippen LogP contribution in [0.15, 0.2) is 10.7 Å². The summed E-state index contributed by atoms with van der Waals surface area (Å²) in [5, 5.41) is 7.02. The summed E-state index contributed by atoms with van der Waals surface area (Å²) in [7, 11) is 1.32. The first kappa shape index (κ1) is 19.5. The van der Waals surface area contributed by atoms with Crippen LogP contribution in [0.4, 0.5) is 4.79 Å². The van der Waals surface area contributed by atoms with Crippen LogP contribution in [0.25, 0.3) is 0 Å². The minimum absolute atomic E-state index is 0.125. The fraction of sp³-hybridized carbons (Fsp3) is 0.667. The molecule has 0 aromatic carbocycles. The van der Waals surface area contributed by atoms with Crippen molar-refractivity contribution in [1.82, 2.24) is 15.1 Å². The molecule has 1 rings (SSSR count). The van der Waals surface area contributed by atoms with Gasteiger partial charge in [-0.3, -0.25) is 4.68 Å². The number of hydrogen-bond donors (Lipinski definition) is 1. The number of methoxy groups -OCH3 is 1. The zero-order chi connectivity index (χ0) is 17.8. The monoisotopic (exact) mass is 389 g/mol. The number of carbonyl (C=O) groups excluding carboxylic acids is 2. The summed E-state index contributed by atoms with van der Waals surface area (Å²) in [6.07, 6.45) is -0.506. The van der Waals surface area contributed by atoms with Crippen molar-refractivity contribution < 1.29 is 19.1 Å². The average Bonchev–Trinajstić information content (AvgIpc) is 2.77. The second kappa shape index (κ2) is 7.81. The summed E-state index contributed by atoms with van der Waals surface area (Å²) in [6.45, 7) is 9.65. The van der Waals surface area contributed by atoms with Gasteiger partial charge in [0.2, 0.25) is 0 Å². The molecule has 0 spiro atoms. The Morgan fingerprint density at radius 2 is 2.00 bits per heavy atom. The molecule has 7 nitrogen and oxygen atoms in total. The van der Waals surface area contributed by atoms with Crippen LogP contribution in [0, 0.1) is 5.92 Å². The van der Waals surface area contributed by atoms with Crippen LogP contribution in [0.3, 0.4) is 0 Å². The van der Waals surface area contributed by atoms with Gasteiger partial charge in [0.05, 0.1) is 13.2 Å². The largest absolute Gasteiger partial charge is 0.464 e. The third kappa shape index (κ3) is 5.85. The molecule has 1 atom stereocenters. The fourth-order valence-electron chi connectivity index (χ4n) is 1.98. The predicted molar refractivity (Wildman–Crippen MR) is 89.4 cm³/mol. The Labute approximate surface area is 144 Å².